The summed E-state index contributed by atoms with van der Waals surface area (Å²) in [6.07, 6.45) is -2.67. The van der Waals surface area contributed by atoms with Gasteiger partial charge >= 0.3 is 6.11 Å². The lowest BCUT2D eigenvalue weighted by atomic mass is 9.91. The number of halogens is 3. The fourth-order valence-electron chi connectivity index (χ4n) is 2.88. The van der Waals surface area contributed by atoms with Crippen molar-refractivity contribution in [3.8, 4) is 0 Å². The molecule has 2 rings (SSSR count). The Kier molecular flexibility index (Phi) is 7.54. The zero-order valence-corrected chi connectivity index (χ0v) is 18.8. The number of allylic oxidation sites excluding steroid dienone is 1. The molecule has 0 saturated carbocycles. The van der Waals surface area contributed by atoms with Crippen LogP contribution in [0.3, 0.4) is 0 Å². The Morgan fingerprint density at radius 3 is 2.48 bits per heavy atom. The van der Waals surface area contributed by atoms with E-state index in [1.54, 1.807) is 17.9 Å². The average Bonchev–Trinajstić information content (AvgIpc) is 2.62. The monoisotopic (exact) mass is 443 g/mol. The number of nitrogens with zero attached hydrogens (tertiary/aromatic N) is 2. The molecule has 1 aliphatic heterocycles. The Morgan fingerprint density at radius 2 is 1.93 bits per heavy atom. The number of nitrogens with two attached hydrogens (primary N) is 1. The van der Waals surface area contributed by atoms with Gasteiger partial charge in [0.05, 0.1) is 11.3 Å². The van der Waals surface area contributed by atoms with E-state index >= 15 is 0 Å². The van der Waals surface area contributed by atoms with Crippen molar-refractivity contribution in [2.75, 3.05) is 13.1 Å². The molecule has 0 radical (unpaired) electrons. The minimum absolute atomic E-state index is 0.0649. The maximum Gasteiger partial charge on any atom is 0.380 e. The molecule has 0 spiro atoms. The molecule has 1 aromatic carbocycles. The second-order valence-corrected chi connectivity index (χ2v) is 9.26. The highest BCUT2D eigenvalue weighted by Gasteiger charge is 2.34. The normalized spacial score (nSPS) is 18.5. The first-order chi connectivity index (χ1) is 13.3. The Morgan fingerprint density at radius 1 is 1.34 bits per heavy atom. The molecule has 0 aliphatic carbocycles. The fraction of sp³-hybridized carbons (Fsp3) is 0.476. The summed E-state index contributed by atoms with van der Waals surface area (Å²) >= 11 is 7.55. The first-order valence-corrected chi connectivity index (χ1v) is 10.5. The molecule has 1 fully saturated rings. The predicted octanol–water partition coefficient (Wildman–Crippen LogP) is 5.34. The van der Waals surface area contributed by atoms with Gasteiger partial charge in [-0.3, -0.25) is 0 Å². The van der Waals surface area contributed by atoms with Crippen LogP contribution >= 0.6 is 23.4 Å². The number of aliphatic imine (C=N–C) groups is 1. The number of likely N-dealkylation sites (tertiary alicyclic amines) is 1. The van der Waals surface area contributed by atoms with Crippen LogP contribution in [0.4, 0.5) is 8.78 Å². The molecular formula is C21H28ClF2N3OS. The Balaban J connectivity index is 2.32. The van der Waals surface area contributed by atoms with Crippen molar-refractivity contribution in [1.29, 1.82) is 0 Å². The highest BCUT2D eigenvalue weighted by molar-refractivity contribution is 8.04. The topological polar surface area (TPSA) is 61.9 Å². The van der Waals surface area contributed by atoms with E-state index in [0.717, 1.165) is 10.5 Å². The zero-order chi connectivity index (χ0) is 22.0. The molecule has 1 aromatic rings. The summed E-state index contributed by atoms with van der Waals surface area (Å²) in [5.74, 6) is 0.0649. The minimum atomic E-state index is -3.96. The van der Waals surface area contributed by atoms with E-state index in [9.17, 15) is 13.9 Å². The van der Waals surface area contributed by atoms with E-state index in [-0.39, 0.29) is 11.4 Å². The van der Waals surface area contributed by atoms with E-state index in [1.807, 2.05) is 26.0 Å². The van der Waals surface area contributed by atoms with Crippen LogP contribution < -0.4 is 5.73 Å². The van der Waals surface area contributed by atoms with Gasteiger partial charge in [0.2, 0.25) is 0 Å². The van der Waals surface area contributed by atoms with Crippen LogP contribution in [0.25, 0.3) is 0 Å². The summed E-state index contributed by atoms with van der Waals surface area (Å²) in [6, 6.07) is 5.57. The predicted molar refractivity (Wildman–Crippen MR) is 118 cm³/mol. The van der Waals surface area contributed by atoms with E-state index in [2.05, 4.69) is 11.6 Å². The number of benzene rings is 1. The molecule has 0 bridgehead atoms. The van der Waals surface area contributed by atoms with Gasteiger partial charge in [-0.15, -0.1) is 0 Å². The van der Waals surface area contributed by atoms with E-state index in [0.29, 0.717) is 41.6 Å². The number of rotatable bonds is 6. The van der Waals surface area contributed by atoms with Crippen LogP contribution in [-0.2, 0) is 0 Å². The number of hydrogen-bond donors (Lipinski definition) is 2. The molecular weight excluding hydrogens is 416 g/mol. The molecule has 3 N–H and O–H groups in total. The summed E-state index contributed by atoms with van der Waals surface area (Å²) in [7, 11) is 0. The highest BCUT2D eigenvalue weighted by atomic mass is 35.5. The van der Waals surface area contributed by atoms with Gasteiger partial charge in [-0.2, -0.15) is 8.78 Å². The third kappa shape index (κ3) is 6.28. The van der Waals surface area contributed by atoms with E-state index < -0.39 is 11.7 Å². The van der Waals surface area contributed by atoms with Crippen molar-refractivity contribution in [3.63, 3.8) is 0 Å². The first-order valence-electron chi connectivity index (χ1n) is 9.35. The van der Waals surface area contributed by atoms with Crippen molar-refractivity contribution in [2.45, 2.75) is 57.1 Å². The summed E-state index contributed by atoms with van der Waals surface area (Å²) < 4.78 is 27.4. The van der Waals surface area contributed by atoms with Crippen molar-refractivity contribution >= 4 is 29.1 Å². The number of thioether (sulfide) groups is 1. The van der Waals surface area contributed by atoms with Crippen LogP contribution in [0, 0.1) is 6.92 Å². The number of alkyl halides is 2. The van der Waals surface area contributed by atoms with Crippen molar-refractivity contribution in [2.24, 2.45) is 10.7 Å². The summed E-state index contributed by atoms with van der Waals surface area (Å²) in [5.41, 5.74) is 6.75. The minimum Gasteiger partial charge on any atom is -0.356 e. The first kappa shape index (κ1) is 23.9. The highest BCUT2D eigenvalue weighted by Crippen LogP contribution is 2.34. The number of hydrogen-bond acceptors (Lipinski definition) is 5. The molecule has 160 valence electrons. The van der Waals surface area contributed by atoms with Gasteiger partial charge in [0.15, 0.2) is 0 Å². The van der Waals surface area contributed by atoms with Gasteiger partial charge < -0.3 is 15.7 Å². The van der Waals surface area contributed by atoms with Gasteiger partial charge in [-0.1, -0.05) is 36.0 Å². The van der Waals surface area contributed by atoms with Gasteiger partial charge in [0.25, 0.3) is 0 Å². The van der Waals surface area contributed by atoms with Gasteiger partial charge in [-0.25, -0.2) is 4.99 Å². The maximum absolute atomic E-state index is 13.7. The molecule has 0 aromatic heterocycles. The van der Waals surface area contributed by atoms with Crippen molar-refractivity contribution < 1.29 is 13.9 Å². The Bertz CT molecular complexity index is 837. The quantitative estimate of drug-likeness (QED) is 0.460. The molecule has 29 heavy (non-hydrogen) atoms. The lowest BCUT2D eigenvalue weighted by Gasteiger charge is -2.38. The third-order valence-electron chi connectivity index (χ3n) is 5.12. The molecule has 4 nitrogen and oxygen atoms in total. The van der Waals surface area contributed by atoms with Crippen LogP contribution in [0.2, 0.25) is 5.02 Å². The van der Waals surface area contributed by atoms with Crippen LogP contribution in [0.1, 0.15) is 39.2 Å². The largest absolute Gasteiger partial charge is 0.380 e. The van der Waals surface area contributed by atoms with E-state index in [4.69, 9.17) is 17.3 Å². The number of piperidine rings is 1. The SMILES string of the molecule is C=C(Sc1cccc(Cl)c1C)/C(C)=N\C(=C(/C)C(O)(F)F)N1CCC(C)(N)CC1. The smallest absolute Gasteiger partial charge is 0.356 e. The number of aliphatic hydroxyl groups is 1. The summed E-state index contributed by atoms with van der Waals surface area (Å²) in [6.45, 7) is 11.8. The molecule has 0 atom stereocenters. The van der Waals surface area contributed by atoms with Gasteiger partial charge in [0, 0.05) is 33.5 Å². The average molecular weight is 444 g/mol. The van der Waals surface area contributed by atoms with Crippen molar-refractivity contribution in [1.82, 2.24) is 4.90 Å². The molecule has 1 saturated heterocycles. The third-order valence-corrected chi connectivity index (χ3v) is 6.73. The second-order valence-electron chi connectivity index (χ2n) is 7.72. The van der Waals surface area contributed by atoms with E-state index in [1.165, 1.54) is 18.7 Å². The van der Waals surface area contributed by atoms with Crippen molar-refractivity contribution in [3.05, 3.63) is 51.7 Å². The van der Waals surface area contributed by atoms with Gasteiger partial charge in [-0.05, 0) is 58.2 Å². The Labute approximate surface area is 180 Å². The summed E-state index contributed by atoms with van der Waals surface area (Å²) in [5, 5.41) is 9.93. The maximum atomic E-state index is 13.7. The molecule has 1 heterocycles. The van der Waals surface area contributed by atoms with Gasteiger partial charge in [0.1, 0.15) is 5.82 Å². The molecule has 8 heteroatoms. The Hall–Kier alpha value is -1.41. The molecule has 1 aliphatic rings. The second kappa shape index (κ2) is 9.16. The van der Waals surface area contributed by atoms with Crippen LogP contribution in [-0.4, -0.2) is 40.5 Å². The lowest BCUT2D eigenvalue weighted by Crippen LogP contribution is -2.48. The lowest BCUT2D eigenvalue weighted by molar-refractivity contribution is -0.166. The van der Waals surface area contributed by atoms with Crippen LogP contribution in [0.5, 0.6) is 0 Å². The van der Waals surface area contributed by atoms with Crippen LogP contribution in [0.15, 0.2) is 51.0 Å². The summed E-state index contributed by atoms with van der Waals surface area (Å²) in [4.78, 5) is 7.73. The molecule has 0 amide bonds. The fourth-order valence-corrected chi connectivity index (χ4v) is 3.98. The molecule has 0 unspecified atom stereocenters. The standard InChI is InChI=1S/C21H28ClF2N3OS/c1-13-17(22)7-6-8-18(13)29-16(4)15(3)26-19(14(2)21(23,24)28)27-11-9-20(5,25)10-12-27/h6-8,28H,4,9-12,25H2,1-3,5H3/b19-14-,26-15-. The zero-order valence-electron chi connectivity index (χ0n) is 17.2.